The highest BCUT2D eigenvalue weighted by Gasteiger charge is 2.08. The zero-order chi connectivity index (χ0) is 19.6. The smallest absolute Gasteiger partial charge is 0.187 e. The van der Waals surface area contributed by atoms with Gasteiger partial charge in [0.05, 0.1) is 13.3 Å². The number of benzene rings is 2. The van der Waals surface area contributed by atoms with Crippen molar-refractivity contribution in [2.75, 3.05) is 13.7 Å². The maximum absolute atomic E-state index is 6.17. The predicted octanol–water partition coefficient (Wildman–Crippen LogP) is 4.57. The molecule has 8 heteroatoms. The number of halogens is 2. The van der Waals surface area contributed by atoms with E-state index in [0.29, 0.717) is 39.8 Å². The summed E-state index contributed by atoms with van der Waals surface area (Å²) in [5.41, 5.74) is 4.37. The summed E-state index contributed by atoms with van der Waals surface area (Å²) in [6, 6.07) is 10.7. The lowest BCUT2D eigenvalue weighted by molar-refractivity contribution is 0.284. The monoisotopic (exact) mass is 423 g/mol. The Balaban J connectivity index is 2.00. The van der Waals surface area contributed by atoms with Crippen molar-refractivity contribution in [2.45, 2.75) is 6.61 Å². The van der Waals surface area contributed by atoms with E-state index >= 15 is 0 Å². The molecule has 0 aliphatic heterocycles. The van der Waals surface area contributed by atoms with Crippen molar-refractivity contribution in [1.82, 2.24) is 10.7 Å². The van der Waals surface area contributed by atoms with Crippen molar-refractivity contribution in [1.29, 1.82) is 0 Å². The van der Waals surface area contributed by atoms with Crippen LogP contribution in [0, 0.1) is 0 Å². The number of ether oxygens (including phenoxy) is 2. The summed E-state index contributed by atoms with van der Waals surface area (Å²) in [5, 5.41) is 8.54. The Morgan fingerprint density at radius 2 is 2.04 bits per heavy atom. The molecular formula is C19H19Cl2N3O2S. The lowest BCUT2D eigenvalue weighted by atomic mass is 10.2. The normalized spacial score (nSPS) is 10.5. The molecule has 0 fully saturated rings. The van der Waals surface area contributed by atoms with E-state index in [4.69, 9.17) is 44.9 Å². The number of hydrogen-bond donors (Lipinski definition) is 2. The average Bonchev–Trinajstić information content (AvgIpc) is 2.66. The van der Waals surface area contributed by atoms with E-state index in [1.54, 1.807) is 37.6 Å². The van der Waals surface area contributed by atoms with Gasteiger partial charge in [-0.05, 0) is 48.1 Å². The van der Waals surface area contributed by atoms with Crippen LogP contribution in [0.5, 0.6) is 11.5 Å². The largest absolute Gasteiger partial charge is 0.493 e. The Kier molecular flexibility index (Phi) is 8.39. The highest BCUT2D eigenvalue weighted by molar-refractivity contribution is 7.80. The van der Waals surface area contributed by atoms with E-state index in [1.807, 2.05) is 18.2 Å². The first-order chi connectivity index (χ1) is 13.0. The highest BCUT2D eigenvalue weighted by atomic mass is 35.5. The second kappa shape index (κ2) is 10.8. The molecule has 2 aromatic carbocycles. The van der Waals surface area contributed by atoms with Gasteiger partial charge in [-0.2, -0.15) is 5.10 Å². The van der Waals surface area contributed by atoms with Crippen LogP contribution in [0.15, 0.2) is 54.2 Å². The maximum atomic E-state index is 6.17. The molecule has 0 aromatic heterocycles. The lowest BCUT2D eigenvalue weighted by Gasteiger charge is -2.12. The molecule has 0 aliphatic carbocycles. The summed E-state index contributed by atoms with van der Waals surface area (Å²) in [5.74, 6) is 1.17. The van der Waals surface area contributed by atoms with Gasteiger partial charge in [0.2, 0.25) is 0 Å². The molecule has 0 saturated carbocycles. The standard InChI is InChI=1S/C19H19Cl2N3O2S/c1-3-8-22-19(27)24-23-11-13-4-7-17(18(9-13)25-2)26-12-14-5-6-15(20)10-16(14)21/h3-7,9-11H,1,8,12H2,2H3,(H2,22,24,27). The molecule has 0 amide bonds. The number of nitrogens with zero attached hydrogens (tertiary/aromatic N) is 1. The van der Waals surface area contributed by atoms with Gasteiger partial charge in [-0.15, -0.1) is 6.58 Å². The van der Waals surface area contributed by atoms with E-state index in [9.17, 15) is 0 Å². The summed E-state index contributed by atoms with van der Waals surface area (Å²) >= 11 is 17.1. The molecule has 142 valence electrons. The first kappa shape index (κ1) is 21.0. The fourth-order valence-corrected chi connectivity index (χ4v) is 2.65. The van der Waals surface area contributed by atoms with E-state index in [-0.39, 0.29) is 0 Å². The molecule has 0 unspecified atom stereocenters. The molecule has 0 bridgehead atoms. The zero-order valence-corrected chi connectivity index (χ0v) is 17.0. The van der Waals surface area contributed by atoms with Crippen LogP contribution in [-0.2, 0) is 6.61 Å². The van der Waals surface area contributed by atoms with Crippen molar-refractivity contribution >= 4 is 46.7 Å². The van der Waals surface area contributed by atoms with Crippen LogP contribution in [0.3, 0.4) is 0 Å². The number of nitrogens with one attached hydrogen (secondary N) is 2. The van der Waals surface area contributed by atoms with Crippen LogP contribution < -0.4 is 20.2 Å². The topological polar surface area (TPSA) is 54.9 Å². The second-order valence-electron chi connectivity index (χ2n) is 5.30. The molecule has 0 atom stereocenters. The first-order valence-corrected chi connectivity index (χ1v) is 9.12. The molecule has 0 spiro atoms. The van der Waals surface area contributed by atoms with Crippen LogP contribution in [0.1, 0.15) is 11.1 Å². The molecule has 2 N–H and O–H groups in total. The van der Waals surface area contributed by atoms with Crippen molar-refractivity contribution in [3.63, 3.8) is 0 Å². The highest BCUT2D eigenvalue weighted by Crippen LogP contribution is 2.29. The van der Waals surface area contributed by atoms with Gasteiger partial charge in [0.25, 0.3) is 0 Å². The number of rotatable bonds is 8. The van der Waals surface area contributed by atoms with Gasteiger partial charge in [-0.3, -0.25) is 5.43 Å². The van der Waals surface area contributed by atoms with Crippen LogP contribution in [-0.4, -0.2) is 25.0 Å². The van der Waals surface area contributed by atoms with Crippen LogP contribution in [0.2, 0.25) is 10.0 Å². The summed E-state index contributed by atoms with van der Waals surface area (Å²) in [6.45, 7) is 4.47. The van der Waals surface area contributed by atoms with Gasteiger partial charge in [0.1, 0.15) is 6.61 Å². The fraction of sp³-hybridized carbons (Fsp3) is 0.158. The molecule has 2 rings (SSSR count). The van der Waals surface area contributed by atoms with Crippen LogP contribution >= 0.6 is 35.4 Å². The Hall–Kier alpha value is -2.28. The molecule has 0 heterocycles. The third kappa shape index (κ3) is 6.75. The quantitative estimate of drug-likeness (QED) is 0.282. The van der Waals surface area contributed by atoms with Gasteiger partial charge in [0.15, 0.2) is 16.6 Å². The van der Waals surface area contributed by atoms with E-state index in [2.05, 4.69) is 22.4 Å². The predicted molar refractivity (Wildman–Crippen MR) is 115 cm³/mol. The average molecular weight is 424 g/mol. The minimum absolute atomic E-state index is 0.296. The van der Waals surface area contributed by atoms with Gasteiger partial charge >= 0.3 is 0 Å². The van der Waals surface area contributed by atoms with Crippen LogP contribution in [0.25, 0.3) is 0 Å². The molecular weight excluding hydrogens is 405 g/mol. The fourth-order valence-electron chi connectivity index (χ4n) is 2.05. The van der Waals surface area contributed by atoms with Crippen molar-refractivity contribution in [2.24, 2.45) is 5.10 Å². The Morgan fingerprint density at radius 3 is 2.74 bits per heavy atom. The third-order valence-electron chi connectivity index (χ3n) is 3.37. The van der Waals surface area contributed by atoms with Gasteiger partial charge in [-0.25, -0.2) is 0 Å². The van der Waals surface area contributed by atoms with E-state index in [1.165, 1.54) is 0 Å². The zero-order valence-electron chi connectivity index (χ0n) is 14.7. The van der Waals surface area contributed by atoms with Crippen molar-refractivity contribution < 1.29 is 9.47 Å². The Labute approximate surface area is 174 Å². The maximum Gasteiger partial charge on any atom is 0.187 e. The van der Waals surface area contributed by atoms with E-state index < -0.39 is 0 Å². The summed E-state index contributed by atoms with van der Waals surface area (Å²) in [7, 11) is 1.57. The Bertz CT molecular complexity index is 844. The molecule has 5 nitrogen and oxygen atoms in total. The molecule has 27 heavy (non-hydrogen) atoms. The van der Waals surface area contributed by atoms with Gasteiger partial charge < -0.3 is 14.8 Å². The SMILES string of the molecule is C=CCNC(=S)NN=Cc1ccc(OCc2ccc(Cl)cc2Cl)c(OC)c1. The first-order valence-electron chi connectivity index (χ1n) is 7.96. The van der Waals surface area contributed by atoms with E-state index in [0.717, 1.165) is 11.1 Å². The summed E-state index contributed by atoms with van der Waals surface area (Å²) in [6.07, 6.45) is 3.34. The van der Waals surface area contributed by atoms with Gasteiger partial charge in [-0.1, -0.05) is 35.3 Å². The van der Waals surface area contributed by atoms with Crippen molar-refractivity contribution in [3.8, 4) is 11.5 Å². The molecule has 0 aliphatic rings. The number of hydrogen-bond acceptors (Lipinski definition) is 4. The van der Waals surface area contributed by atoms with Crippen LogP contribution in [0.4, 0.5) is 0 Å². The minimum atomic E-state index is 0.296. The van der Waals surface area contributed by atoms with Gasteiger partial charge in [0, 0.05) is 22.2 Å². The molecule has 0 radical (unpaired) electrons. The number of hydrazone groups is 1. The summed E-state index contributed by atoms with van der Waals surface area (Å²) < 4.78 is 11.2. The lowest BCUT2D eigenvalue weighted by Crippen LogP contribution is -2.31. The minimum Gasteiger partial charge on any atom is -0.493 e. The second-order valence-corrected chi connectivity index (χ2v) is 6.56. The molecule has 0 saturated heterocycles. The third-order valence-corrected chi connectivity index (χ3v) is 4.20. The Morgan fingerprint density at radius 1 is 1.22 bits per heavy atom. The summed E-state index contributed by atoms with van der Waals surface area (Å²) in [4.78, 5) is 0. The molecule has 2 aromatic rings. The van der Waals surface area contributed by atoms with Crippen molar-refractivity contribution in [3.05, 3.63) is 70.2 Å². The number of thiocarbonyl (C=S) groups is 1. The number of methoxy groups -OCH3 is 1.